The fourth-order valence-electron chi connectivity index (χ4n) is 2.89. The molecule has 1 atom stereocenters. The fraction of sp³-hybridized carbons (Fsp3) is 0.588. The van der Waals surface area contributed by atoms with Crippen LogP contribution in [0.1, 0.15) is 69.8 Å². The zero-order valence-corrected chi connectivity index (χ0v) is 12.3. The molecule has 0 fully saturated rings. The van der Waals surface area contributed by atoms with Gasteiger partial charge in [-0.1, -0.05) is 51.9 Å². The van der Waals surface area contributed by atoms with Crippen LogP contribution in [-0.4, -0.2) is 5.91 Å². The quantitative estimate of drug-likeness (QED) is 0.665. The lowest BCUT2D eigenvalue weighted by molar-refractivity contribution is -0.117. The Bertz CT molecular complexity index is 458. The van der Waals surface area contributed by atoms with E-state index >= 15 is 0 Å². The average Bonchev–Trinajstić information content (AvgIpc) is 2.73. The molecule has 1 aromatic rings. The van der Waals surface area contributed by atoms with E-state index < -0.39 is 0 Å². The number of anilines is 1. The number of nitrogens with one attached hydrogen (secondary N) is 1. The Morgan fingerprint density at radius 1 is 1.10 bits per heavy atom. The molecular weight excluding hydrogens is 253 g/mol. The first-order valence-electron chi connectivity index (χ1n) is 7.82. The highest BCUT2D eigenvalue weighted by Crippen LogP contribution is 2.36. The third kappa shape index (κ3) is 3.81. The van der Waals surface area contributed by atoms with Gasteiger partial charge in [-0.2, -0.15) is 0 Å². The van der Waals surface area contributed by atoms with Gasteiger partial charge < -0.3 is 5.32 Å². The lowest BCUT2D eigenvalue weighted by Crippen LogP contribution is -2.11. The molecule has 1 N–H and O–H groups in total. The molecule has 1 aliphatic heterocycles. The van der Waals surface area contributed by atoms with Crippen molar-refractivity contribution in [2.75, 3.05) is 5.32 Å². The minimum absolute atomic E-state index is 0.0246. The first-order valence-corrected chi connectivity index (χ1v) is 7.82. The number of hydrogen-bond donors (Lipinski definition) is 1. The van der Waals surface area contributed by atoms with Crippen LogP contribution in [0.5, 0.6) is 0 Å². The summed E-state index contributed by atoms with van der Waals surface area (Å²) in [5.74, 6) is -0.391. The normalized spacial score (nSPS) is 17.1. The van der Waals surface area contributed by atoms with Crippen molar-refractivity contribution in [3.05, 3.63) is 29.6 Å². The molecule has 1 aromatic carbocycles. The Labute approximate surface area is 120 Å². The predicted molar refractivity (Wildman–Crippen MR) is 80.4 cm³/mol. The summed E-state index contributed by atoms with van der Waals surface area (Å²) in [5.41, 5.74) is 1.62. The van der Waals surface area contributed by atoms with Crippen molar-refractivity contribution in [2.24, 2.45) is 0 Å². The Kier molecular flexibility index (Phi) is 5.57. The van der Waals surface area contributed by atoms with Gasteiger partial charge in [0.15, 0.2) is 0 Å². The lowest BCUT2D eigenvalue weighted by Gasteiger charge is -2.08. The number of hydrogen-bond acceptors (Lipinski definition) is 1. The van der Waals surface area contributed by atoms with Crippen LogP contribution in [0.25, 0.3) is 0 Å². The topological polar surface area (TPSA) is 29.1 Å². The molecule has 1 amide bonds. The number of carbonyl (C=O) groups excluding carboxylic acids is 1. The highest BCUT2D eigenvalue weighted by Gasteiger charge is 2.30. The number of rotatable bonds is 8. The van der Waals surface area contributed by atoms with Gasteiger partial charge in [-0.3, -0.25) is 4.79 Å². The molecular formula is C17H24FNO. The number of unbranched alkanes of at least 4 members (excludes halogenated alkanes) is 6. The van der Waals surface area contributed by atoms with E-state index in [2.05, 4.69) is 12.2 Å². The van der Waals surface area contributed by atoms with Gasteiger partial charge in [-0.25, -0.2) is 4.39 Å². The molecule has 110 valence electrons. The van der Waals surface area contributed by atoms with E-state index in [1.54, 1.807) is 6.07 Å². The molecule has 2 nitrogen and oxygen atoms in total. The summed E-state index contributed by atoms with van der Waals surface area (Å²) in [6.45, 7) is 2.22. The van der Waals surface area contributed by atoms with Gasteiger partial charge in [-0.05, 0) is 30.2 Å². The van der Waals surface area contributed by atoms with Crippen LogP contribution >= 0.6 is 0 Å². The average molecular weight is 277 g/mol. The lowest BCUT2D eigenvalue weighted by atomic mass is 9.94. The zero-order valence-electron chi connectivity index (χ0n) is 12.3. The Balaban J connectivity index is 1.76. The van der Waals surface area contributed by atoms with Gasteiger partial charge in [0.1, 0.15) is 5.82 Å². The second-order valence-electron chi connectivity index (χ2n) is 5.68. The van der Waals surface area contributed by atoms with Gasteiger partial charge in [0, 0.05) is 5.69 Å². The van der Waals surface area contributed by atoms with E-state index in [0.29, 0.717) is 0 Å². The number of benzene rings is 1. The highest BCUT2D eigenvalue weighted by molar-refractivity contribution is 6.02. The predicted octanol–water partition coefficient (Wildman–Crippen LogP) is 5.00. The SMILES string of the molecule is CCCCCCCCCC1C(=O)Nc2ccc(F)cc21. The van der Waals surface area contributed by atoms with E-state index in [0.717, 1.165) is 30.5 Å². The zero-order chi connectivity index (χ0) is 14.4. The Morgan fingerprint density at radius 3 is 2.55 bits per heavy atom. The standard InChI is InChI=1S/C17H24FNO/c1-2-3-4-5-6-7-8-9-14-15-12-13(18)10-11-16(15)19-17(14)20/h10-12,14H,2-9H2,1H3,(H,19,20). The number of fused-ring (bicyclic) bond motifs is 1. The van der Waals surface area contributed by atoms with Crippen LogP contribution in [0, 0.1) is 5.82 Å². The second-order valence-corrected chi connectivity index (χ2v) is 5.68. The molecule has 1 aliphatic rings. The highest BCUT2D eigenvalue weighted by atomic mass is 19.1. The first kappa shape index (κ1) is 15.0. The summed E-state index contributed by atoms with van der Waals surface area (Å²) in [7, 11) is 0. The maximum atomic E-state index is 13.3. The molecule has 3 heteroatoms. The molecule has 0 aromatic heterocycles. The summed E-state index contributed by atoms with van der Waals surface area (Å²) in [6.07, 6.45) is 9.46. The van der Waals surface area contributed by atoms with Crippen LogP contribution in [0.4, 0.5) is 10.1 Å². The third-order valence-electron chi connectivity index (χ3n) is 4.06. The molecule has 0 bridgehead atoms. The van der Waals surface area contributed by atoms with Crippen LogP contribution in [-0.2, 0) is 4.79 Å². The maximum absolute atomic E-state index is 13.3. The van der Waals surface area contributed by atoms with Crippen molar-refractivity contribution in [3.63, 3.8) is 0 Å². The molecule has 0 aliphatic carbocycles. The minimum atomic E-state index is -0.259. The Morgan fingerprint density at radius 2 is 1.80 bits per heavy atom. The number of halogens is 1. The van der Waals surface area contributed by atoms with Crippen LogP contribution in [0.15, 0.2) is 18.2 Å². The van der Waals surface area contributed by atoms with E-state index in [-0.39, 0.29) is 17.6 Å². The fourth-order valence-corrected chi connectivity index (χ4v) is 2.89. The monoisotopic (exact) mass is 277 g/mol. The summed E-state index contributed by atoms with van der Waals surface area (Å²) >= 11 is 0. The van der Waals surface area contributed by atoms with Crippen molar-refractivity contribution in [3.8, 4) is 0 Å². The van der Waals surface area contributed by atoms with Crippen LogP contribution < -0.4 is 5.32 Å². The van der Waals surface area contributed by atoms with Crippen molar-refractivity contribution in [1.82, 2.24) is 0 Å². The van der Waals surface area contributed by atoms with Gasteiger partial charge in [0.2, 0.25) is 5.91 Å². The largest absolute Gasteiger partial charge is 0.325 e. The molecule has 2 rings (SSSR count). The Hall–Kier alpha value is -1.38. The number of amides is 1. The molecule has 1 heterocycles. The van der Waals surface area contributed by atoms with E-state index in [4.69, 9.17) is 0 Å². The molecule has 0 saturated carbocycles. The summed E-state index contributed by atoms with van der Waals surface area (Å²) in [4.78, 5) is 11.9. The van der Waals surface area contributed by atoms with Gasteiger partial charge in [0.05, 0.1) is 5.92 Å². The summed E-state index contributed by atoms with van der Waals surface area (Å²) in [5, 5.41) is 2.84. The molecule has 0 spiro atoms. The van der Waals surface area contributed by atoms with Crippen molar-refractivity contribution in [2.45, 2.75) is 64.2 Å². The van der Waals surface area contributed by atoms with Gasteiger partial charge >= 0.3 is 0 Å². The first-order chi connectivity index (χ1) is 9.72. The van der Waals surface area contributed by atoms with E-state index in [1.807, 2.05) is 0 Å². The summed E-state index contributed by atoms with van der Waals surface area (Å²) in [6, 6.07) is 4.56. The molecule has 1 unspecified atom stereocenters. The van der Waals surface area contributed by atoms with E-state index in [9.17, 15) is 9.18 Å². The third-order valence-corrected chi connectivity index (χ3v) is 4.06. The minimum Gasteiger partial charge on any atom is -0.325 e. The van der Waals surface area contributed by atoms with E-state index in [1.165, 1.54) is 44.2 Å². The van der Waals surface area contributed by atoms with Crippen LogP contribution in [0.2, 0.25) is 0 Å². The van der Waals surface area contributed by atoms with Gasteiger partial charge in [0.25, 0.3) is 0 Å². The molecule has 0 saturated heterocycles. The smallest absolute Gasteiger partial charge is 0.232 e. The van der Waals surface area contributed by atoms with Crippen molar-refractivity contribution >= 4 is 11.6 Å². The van der Waals surface area contributed by atoms with Gasteiger partial charge in [-0.15, -0.1) is 0 Å². The molecule has 0 radical (unpaired) electrons. The summed E-state index contributed by atoms with van der Waals surface area (Å²) < 4.78 is 13.3. The van der Waals surface area contributed by atoms with Crippen LogP contribution in [0.3, 0.4) is 0 Å². The molecule has 20 heavy (non-hydrogen) atoms. The number of carbonyl (C=O) groups is 1. The second kappa shape index (κ2) is 7.41. The van der Waals surface area contributed by atoms with Crippen molar-refractivity contribution < 1.29 is 9.18 Å². The maximum Gasteiger partial charge on any atom is 0.232 e. The van der Waals surface area contributed by atoms with Crippen molar-refractivity contribution in [1.29, 1.82) is 0 Å².